The first-order valence-electron chi connectivity index (χ1n) is 7.09. The first-order valence-corrected chi connectivity index (χ1v) is 7.47. The van der Waals surface area contributed by atoms with Crippen LogP contribution in [0.4, 0.5) is 0 Å². The van der Waals surface area contributed by atoms with Crippen LogP contribution in [0.25, 0.3) is 5.69 Å². The molecule has 1 heterocycles. The van der Waals surface area contributed by atoms with Crippen LogP contribution in [0.1, 0.15) is 6.92 Å². The van der Waals surface area contributed by atoms with E-state index in [1.54, 1.807) is 55.5 Å². The Labute approximate surface area is 142 Å². The second-order valence-corrected chi connectivity index (χ2v) is 5.32. The number of tetrazole rings is 1. The zero-order chi connectivity index (χ0) is 16.9. The molecule has 0 aliphatic carbocycles. The summed E-state index contributed by atoms with van der Waals surface area (Å²) in [5.41, 5.74) is 0.755. The van der Waals surface area contributed by atoms with Gasteiger partial charge in [0.2, 0.25) is 0 Å². The maximum absolute atomic E-state index is 12.1. The smallest absolute Gasteiger partial charge is 0.352 e. The van der Waals surface area contributed by atoms with Gasteiger partial charge >= 0.3 is 5.97 Å². The molecule has 1 unspecified atom stereocenters. The Hall–Kier alpha value is -2.93. The van der Waals surface area contributed by atoms with E-state index in [9.17, 15) is 4.79 Å². The maximum Gasteiger partial charge on any atom is 0.352 e. The quantitative estimate of drug-likeness (QED) is 0.523. The number of carbonyl (C=O) groups excluding carboxylic acids is 1. The van der Waals surface area contributed by atoms with Crippen LogP contribution in [-0.2, 0) is 4.79 Å². The highest BCUT2D eigenvalue weighted by Crippen LogP contribution is 2.18. The molecule has 3 rings (SSSR count). The number of rotatable bonds is 5. The van der Waals surface area contributed by atoms with Crippen LogP contribution in [0.15, 0.2) is 54.9 Å². The summed E-state index contributed by atoms with van der Waals surface area (Å²) in [5.74, 6) is 0.446. The van der Waals surface area contributed by atoms with E-state index in [1.165, 1.54) is 11.0 Å². The lowest BCUT2D eigenvalue weighted by atomic mass is 10.3. The normalized spacial score (nSPS) is 11.8. The summed E-state index contributed by atoms with van der Waals surface area (Å²) in [5, 5.41) is 11.5. The first kappa shape index (κ1) is 15.9. The van der Waals surface area contributed by atoms with E-state index < -0.39 is 12.1 Å². The Morgan fingerprint density at radius 2 is 1.75 bits per heavy atom. The summed E-state index contributed by atoms with van der Waals surface area (Å²) in [4.78, 5) is 12.1. The molecule has 0 radical (unpaired) electrons. The van der Waals surface area contributed by atoms with Gasteiger partial charge in [-0.2, -0.15) is 0 Å². The molecule has 3 aromatic rings. The molecule has 1 atom stereocenters. The summed E-state index contributed by atoms with van der Waals surface area (Å²) in [6, 6.07) is 13.5. The summed E-state index contributed by atoms with van der Waals surface area (Å²) in [7, 11) is 0. The molecule has 1 aromatic heterocycles. The van der Waals surface area contributed by atoms with Crippen LogP contribution in [0, 0.1) is 0 Å². The Morgan fingerprint density at radius 3 is 2.38 bits per heavy atom. The summed E-state index contributed by atoms with van der Waals surface area (Å²) in [6.45, 7) is 1.62. The Kier molecular flexibility index (Phi) is 4.72. The van der Waals surface area contributed by atoms with Crippen LogP contribution in [0.2, 0.25) is 5.02 Å². The summed E-state index contributed by atoms with van der Waals surface area (Å²) >= 11 is 5.81. The summed E-state index contributed by atoms with van der Waals surface area (Å²) in [6.07, 6.45) is 0.716. The largest absolute Gasteiger partial charge is 0.479 e. The van der Waals surface area contributed by atoms with Crippen LogP contribution in [0.3, 0.4) is 0 Å². The lowest BCUT2D eigenvalue weighted by Crippen LogP contribution is -2.28. The molecule has 0 bridgehead atoms. The fraction of sp³-hybridized carbons (Fsp3) is 0.125. The number of hydrogen-bond acceptors (Lipinski definition) is 6. The van der Waals surface area contributed by atoms with Crippen molar-refractivity contribution in [3.05, 3.63) is 59.9 Å². The molecular weight excluding hydrogens is 332 g/mol. The highest BCUT2D eigenvalue weighted by molar-refractivity contribution is 6.30. The van der Waals surface area contributed by atoms with Crippen LogP contribution < -0.4 is 9.47 Å². The monoisotopic (exact) mass is 344 g/mol. The van der Waals surface area contributed by atoms with E-state index in [0.717, 1.165) is 5.69 Å². The van der Waals surface area contributed by atoms with E-state index in [1.807, 2.05) is 0 Å². The Balaban J connectivity index is 1.60. The molecule has 0 N–H and O–H groups in total. The number of carbonyl (C=O) groups is 1. The topological polar surface area (TPSA) is 79.1 Å². The SMILES string of the molecule is CC(Oc1ccc(Cl)cc1)C(=O)Oc1ccc(-n2cnnn2)cc1. The average Bonchev–Trinajstić information content (AvgIpc) is 3.12. The number of aromatic nitrogens is 4. The zero-order valence-corrected chi connectivity index (χ0v) is 13.4. The fourth-order valence-corrected chi connectivity index (χ4v) is 2.04. The molecule has 24 heavy (non-hydrogen) atoms. The fourth-order valence-electron chi connectivity index (χ4n) is 1.91. The third-order valence-corrected chi connectivity index (χ3v) is 3.38. The van der Waals surface area contributed by atoms with E-state index in [0.29, 0.717) is 16.5 Å². The van der Waals surface area contributed by atoms with Gasteiger partial charge in [0.05, 0.1) is 5.69 Å². The van der Waals surface area contributed by atoms with Gasteiger partial charge in [-0.1, -0.05) is 11.6 Å². The second-order valence-electron chi connectivity index (χ2n) is 4.88. The number of nitrogens with zero attached hydrogens (tertiary/aromatic N) is 4. The number of benzene rings is 2. The lowest BCUT2D eigenvalue weighted by molar-refractivity contribution is -0.141. The third kappa shape index (κ3) is 3.88. The second kappa shape index (κ2) is 7.10. The van der Waals surface area contributed by atoms with E-state index >= 15 is 0 Å². The number of ether oxygens (including phenoxy) is 2. The molecule has 0 aliphatic rings. The predicted octanol–water partition coefficient (Wildman–Crippen LogP) is 2.69. The minimum atomic E-state index is -0.759. The van der Waals surface area contributed by atoms with Gasteiger partial charge in [0, 0.05) is 5.02 Å². The van der Waals surface area contributed by atoms with Gasteiger partial charge in [0.25, 0.3) is 0 Å². The predicted molar refractivity (Wildman–Crippen MR) is 86.3 cm³/mol. The molecule has 8 heteroatoms. The molecule has 0 aliphatic heterocycles. The molecule has 0 spiro atoms. The average molecular weight is 345 g/mol. The van der Waals surface area contributed by atoms with Gasteiger partial charge in [-0.15, -0.1) is 5.10 Å². The summed E-state index contributed by atoms with van der Waals surface area (Å²) < 4.78 is 12.3. The zero-order valence-electron chi connectivity index (χ0n) is 12.7. The van der Waals surface area contributed by atoms with Gasteiger partial charge in [-0.05, 0) is 65.9 Å². The Morgan fingerprint density at radius 1 is 1.08 bits per heavy atom. The molecule has 122 valence electrons. The minimum absolute atomic E-state index is 0.406. The van der Waals surface area contributed by atoms with Gasteiger partial charge in [0.1, 0.15) is 17.8 Å². The van der Waals surface area contributed by atoms with Crippen molar-refractivity contribution in [1.82, 2.24) is 20.2 Å². The molecule has 0 saturated carbocycles. The third-order valence-electron chi connectivity index (χ3n) is 3.13. The van der Waals surface area contributed by atoms with Gasteiger partial charge in [0.15, 0.2) is 6.10 Å². The molecule has 2 aromatic carbocycles. The minimum Gasteiger partial charge on any atom is -0.479 e. The van der Waals surface area contributed by atoms with E-state index in [2.05, 4.69) is 15.5 Å². The van der Waals surface area contributed by atoms with E-state index in [-0.39, 0.29) is 0 Å². The van der Waals surface area contributed by atoms with Gasteiger partial charge < -0.3 is 9.47 Å². The van der Waals surface area contributed by atoms with Crippen LogP contribution in [0.5, 0.6) is 11.5 Å². The van der Waals surface area contributed by atoms with Gasteiger partial charge in [-0.25, -0.2) is 9.48 Å². The van der Waals surface area contributed by atoms with Crippen molar-refractivity contribution in [2.45, 2.75) is 13.0 Å². The first-order chi connectivity index (χ1) is 11.6. The van der Waals surface area contributed by atoms with Crippen molar-refractivity contribution in [1.29, 1.82) is 0 Å². The van der Waals surface area contributed by atoms with Crippen molar-refractivity contribution in [3.63, 3.8) is 0 Å². The van der Waals surface area contributed by atoms with Gasteiger partial charge in [-0.3, -0.25) is 0 Å². The highest BCUT2D eigenvalue weighted by atomic mass is 35.5. The van der Waals surface area contributed by atoms with Crippen LogP contribution in [-0.4, -0.2) is 32.3 Å². The lowest BCUT2D eigenvalue weighted by Gasteiger charge is -2.14. The molecule has 0 amide bonds. The number of hydrogen-bond donors (Lipinski definition) is 0. The van der Waals surface area contributed by atoms with Crippen molar-refractivity contribution in [2.24, 2.45) is 0 Å². The standard InChI is InChI=1S/C16H13ClN4O3/c1-11(23-14-6-2-12(17)3-7-14)16(22)24-15-8-4-13(5-9-15)21-10-18-19-20-21/h2-11H,1H3. The number of halogens is 1. The molecule has 7 nitrogen and oxygen atoms in total. The highest BCUT2D eigenvalue weighted by Gasteiger charge is 2.17. The molecule has 0 saturated heterocycles. The van der Waals surface area contributed by atoms with Crippen molar-refractivity contribution in [2.75, 3.05) is 0 Å². The number of esters is 1. The van der Waals surface area contributed by atoms with E-state index in [4.69, 9.17) is 21.1 Å². The maximum atomic E-state index is 12.1. The van der Waals surface area contributed by atoms with Crippen molar-refractivity contribution >= 4 is 17.6 Å². The molecular formula is C16H13ClN4O3. The van der Waals surface area contributed by atoms with Crippen molar-refractivity contribution in [3.8, 4) is 17.2 Å². The van der Waals surface area contributed by atoms with Crippen LogP contribution >= 0.6 is 11.6 Å². The Bertz CT molecular complexity index is 804. The van der Waals surface area contributed by atoms with Crippen molar-refractivity contribution < 1.29 is 14.3 Å². The molecule has 0 fully saturated rings.